The van der Waals surface area contributed by atoms with E-state index in [4.69, 9.17) is 14.0 Å². The molecule has 0 saturated heterocycles. The number of carbonyl (C=O) groups excluding carboxylic acids is 2. The molecule has 0 radical (unpaired) electrons. The molecule has 0 fully saturated rings. The average Bonchev–Trinajstić information content (AvgIpc) is 3.45. The number of thioether (sulfide) groups is 1. The Morgan fingerprint density at radius 2 is 2.00 bits per heavy atom. The maximum Gasteiger partial charge on any atom is 0.341 e. The number of thiophene rings is 1. The Labute approximate surface area is 230 Å². The number of nitrogens with zero attached hydrogens (tertiary/aromatic N) is 2. The Bertz CT molecular complexity index is 1310. The zero-order valence-corrected chi connectivity index (χ0v) is 24.1. The summed E-state index contributed by atoms with van der Waals surface area (Å²) in [5.41, 5.74) is 2.16. The van der Waals surface area contributed by atoms with Crippen LogP contribution in [0.25, 0.3) is 5.69 Å². The lowest BCUT2D eigenvalue weighted by Crippen LogP contribution is -2.36. The summed E-state index contributed by atoms with van der Waals surface area (Å²) < 4.78 is 16.6. The quantitative estimate of drug-likeness (QED) is 0.243. The van der Waals surface area contributed by atoms with Crippen LogP contribution in [0.15, 0.2) is 33.8 Å². The highest BCUT2D eigenvalue weighted by molar-refractivity contribution is 8.00. The van der Waals surface area contributed by atoms with Gasteiger partial charge >= 0.3 is 5.97 Å². The first-order valence-corrected chi connectivity index (χ1v) is 14.2. The van der Waals surface area contributed by atoms with E-state index in [9.17, 15) is 14.7 Å². The highest BCUT2D eigenvalue weighted by Crippen LogP contribution is 2.44. The third-order valence-corrected chi connectivity index (χ3v) is 9.49. The molecule has 9 nitrogen and oxygen atoms in total. The third kappa shape index (κ3) is 5.68. The van der Waals surface area contributed by atoms with E-state index in [1.54, 1.807) is 31.4 Å². The lowest BCUT2D eigenvalue weighted by molar-refractivity contribution is -0.705. The molecule has 2 aromatic heterocycles. The van der Waals surface area contributed by atoms with E-state index in [0.29, 0.717) is 34.3 Å². The van der Waals surface area contributed by atoms with Gasteiger partial charge in [-0.05, 0) is 71.2 Å². The van der Waals surface area contributed by atoms with Crippen molar-refractivity contribution in [2.45, 2.75) is 63.7 Å². The summed E-state index contributed by atoms with van der Waals surface area (Å²) in [4.78, 5) is 27.3. The summed E-state index contributed by atoms with van der Waals surface area (Å²) in [5, 5.41) is 19.4. The molecule has 2 atom stereocenters. The minimum atomic E-state index is -0.632. The fourth-order valence-electron chi connectivity index (χ4n) is 4.61. The van der Waals surface area contributed by atoms with Gasteiger partial charge in [0.2, 0.25) is 11.6 Å². The number of amides is 1. The number of benzene rings is 1. The fraction of sp³-hybridized carbons (Fsp3) is 0.481. The number of rotatable bonds is 8. The van der Waals surface area contributed by atoms with Gasteiger partial charge in [-0.25, -0.2) is 4.79 Å². The van der Waals surface area contributed by atoms with E-state index in [1.807, 2.05) is 6.92 Å². The minimum absolute atomic E-state index is 0.147. The van der Waals surface area contributed by atoms with Crippen LogP contribution < -0.4 is 19.8 Å². The largest absolute Gasteiger partial charge is 0.538 e. The standard InChI is InChI=1S/C27H33N3O6S2/c1-7-19(38-24-26(33)36-29-30(24)16-9-11-17(34-5)12-10-16)22(31)28-23-21(25(32)35-6)18-13-8-15(27(2,3)4)14-20(18)37-23/h9-12,15,19H,7-8,13-14H2,1-6H3,(H-,28,29,31,32,33). The molecule has 38 heavy (non-hydrogen) atoms. The van der Waals surface area contributed by atoms with Gasteiger partial charge < -0.3 is 24.4 Å². The smallest absolute Gasteiger partial charge is 0.341 e. The Morgan fingerprint density at radius 3 is 2.61 bits per heavy atom. The van der Waals surface area contributed by atoms with Crippen LogP contribution in [0.1, 0.15) is 61.3 Å². The number of ether oxygens (including phenoxy) is 2. The van der Waals surface area contributed by atoms with Crippen molar-refractivity contribution in [1.82, 2.24) is 5.27 Å². The molecule has 0 spiro atoms. The van der Waals surface area contributed by atoms with Crippen molar-refractivity contribution >= 4 is 40.0 Å². The van der Waals surface area contributed by atoms with Gasteiger partial charge in [0.25, 0.3) is 5.03 Å². The Hall–Kier alpha value is -3.05. The maximum atomic E-state index is 13.5. The van der Waals surface area contributed by atoms with Gasteiger partial charge in [-0.2, -0.15) is 0 Å². The van der Waals surface area contributed by atoms with Gasteiger partial charge in [-0.15, -0.1) is 11.3 Å². The van der Waals surface area contributed by atoms with E-state index >= 15 is 0 Å². The molecule has 1 aromatic carbocycles. The molecule has 2 heterocycles. The predicted octanol–water partition coefficient (Wildman–Crippen LogP) is 4.54. The molecule has 1 N–H and O–H groups in total. The summed E-state index contributed by atoms with van der Waals surface area (Å²) in [6.07, 6.45) is 3.04. The highest BCUT2D eigenvalue weighted by atomic mass is 32.2. The number of hydrogen-bond acceptors (Lipinski definition) is 9. The molecule has 4 rings (SSSR count). The van der Waals surface area contributed by atoms with Crippen molar-refractivity contribution in [3.05, 3.63) is 40.3 Å². The first-order chi connectivity index (χ1) is 18.1. The topological polar surface area (TPSA) is 118 Å². The average molecular weight is 560 g/mol. The second-order valence-corrected chi connectivity index (χ2v) is 12.6. The van der Waals surface area contributed by atoms with Crippen molar-refractivity contribution in [1.29, 1.82) is 0 Å². The molecule has 1 aliphatic carbocycles. The van der Waals surface area contributed by atoms with Crippen LogP contribution in [0.3, 0.4) is 0 Å². The number of methoxy groups -OCH3 is 2. The molecule has 3 aromatic rings. The normalized spacial score (nSPS) is 16.0. The van der Waals surface area contributed by atoms with E-state index in [0.717, 1.165) is 41.5 Å². The summed E-state index contributed by atoms with van der Waals surface area (Å²) in [5.74, 6) is -0.248. The van der Waals surface area contributed by atoms with E-state index in [1.165, 1.54) is 23.1 Å². The first kappa shape index (κ1) is 28.0. The van der Waals surface area contributed by atoms with Gasteiger partial charge in [0.15, 0.2) is 5.95 Å². The summed E-state index contributed by atoms with van der Waals surface area (Å²) in [7, 11) is 2.92. The Morgan fingerprint density at radius 1 is 1.29 bits per heavy atom. The van der Waals surface area contributed by atoms with Crippen molar-refractivity contribution < 1.29 is 33.4 Å². The molecule has 0 aliphatic heterocycles. The van der Waals surface area contributed by atoms with Gasteiger partial charge in [0.1, 0.15) is 10.8 Å². The molecule has 0 saturated carbocycles. The monoisotopic (exact) mass is 559 g/mol. The zero-order valence-electron chi connectivity index (χ0n) is 22.5. The summed E-state index contributed by atoms with van der Waals surface area (Å²) >= 11 is 2.52. The zero-order chi connectivity index (χ0) is 27.6. The van der Waals surface area contributed by atoms with Crippen molar-refractivity contribution in [3.8, 4) is 17.4 Å². The Kier molecular flexibility index (Phi) is 8.37. The molecule has 1 aliphatic rings. The summed E-state index contributed by atoms with van der Waals surface area (Å²) in [6, 6.07) is 6.99. The van der Waals surface area contributed by atoms with Crippen LogP contribution >= 0.6 is 23.1 Å². The van der Waals surface area contributed by atoms with Gasteiger partial charge in [0, 0.05) is 17.0 Å². The van der Waals surface area contributed by atoms with E-state index < -0.39 is 17.2 Å². The number of nitrogens with one attached hydrogen (secondary N) is 1. The SMILES string of the molecule is CCC(Sc1c([O-])on[n+]1-c1ccc(OC)cc1)C(=O)Nc1sc2c(c1C(=O)OC)CCC(C(C)(C)C)C2. The maximum absolute atomic E-state index is 13.5. The van der Waals surface area contributed by atoms with Gasteiger partial charge in [0.05, 0.1) is 30.3 Å². The highest BCUT2D eigenvalue weighted by Gasteiger charge is 2.35. The second kappa shape index (κ2) is 11.4. The molecular formula is C27H33N3O6S2. The molecule has 0 bridgehead atoms. The molecule has 204 valence electrons. The van der Waals surface area contributed by atoms with E-state index in [2.05, 4.69) is 31.4 Å². The van der Waals surface area contributed by atoms with Crippen molar-refractivity contribution in [2.24, 2.45) is 11.3 Å². The van der Waals surface area contributed by atoms with Gasteiger partial charge in [-0.1, -0.05) is 27.7 Å². The Balaban J connectivity index is 1.59. The lowest BCUT2D eigenvalue weighted by Gasteiger charge is -2.33. The molecular weight excluding hydrogens is 526 g/mol. The third-order valence-electron chi connectivity index (χ3n) is 6.92. The number of hydrogen-bond donors (Lipinski definition) is 1. The van der Waals surface area contributed by atoms with Crippen LogP contribution in [0.2, 0.25) is 0 Å². The number of esters is 1. The number of aromatic nitrogens is 2. The molecule has 2 unspecified atom stereocenters. The van der Waals surface area contributed by atoms with Crippen LogP contribution in [-0.4, -0.2) is 36.6 Å². The molecule has 11 heteroatoms. The van der Waals surface area contributed by atoms with Crippen LogP contribution in [0, 0.1) is 11.3 Å². The van der Waals surface area contributed by atoms with Crippen LogP contribution in [0.4, 0.5) is 5.00 Å². The second-order valence-electron chi connectivity index (χ2n) is 10.3. The fourth-order valence-corrected chi connectivity index (χ4v) is 6.90. The van der Waals surface area contributed by atoms with E-state index in [-0.39, 0.29) is 16.3 Å². The lowest BCUT2D eigenvalue weighted by atomic mass is 9.72. The van der Waals surface area contributed by atoms with Crippen molar-refractivity contribution in [2.75, 3.05) is 19.5 Å². The first-order valence-electron chi connectivity index (χ1n) is 12.5. The number of anilines is 1. The number of carbonyl (C=O) groups is 2. The van der Waals surface area contributed by atoms with Crippen LogP contribution in [0.5, 0.6) is 11.7 Å². The summed E-state index contributed by atoms with van der Waals surface area (Å²) in [6.45, 7) is 8.56. The predicted molar refractivity (Wildman–Crippen MR) is 143 cm³/mol. The van der Waals surface area contributed by atoms with Crippen molar-refractivity contribution in [3.63, 3.8) is 0 Å². The molecule has 1 amide bonds. The number of fused-ring (bicyclic) bond motifs is 1. The minimum Gasteiger partial charge on any atom is -0.538 e. The van der Waals surface area contributed by atoms with Crippen LogP contribution in [-0.2, 0) is 22.4 Å². The van der Waals surface area contributed by atoms with Gasteiger partial charge in [-0.3, -0.25) is 4.79 Å².